The van der Waals surface area contributed by atoms with Gasteiger partial charge in [0.2, 0.25) is 17.7 Å². The number of imide groups is 1. The number of rotatable bonds is 16. The lowest BCUT2D eigenvalue weighted by Crippen LogP contribution is -2.50. The van der Waals surface area contributed by atoms with Gasteiger partial charge in [0.15, 0.2) is 5.82 Å². The van der Waals surface area contributed by atoms with Gasteiger partial charge in [-0.25, -0.2) is 9.97 Å². The van der Waals surface area contributed by atoms with Crippen LogP contribution in [0, 0.1) is 0 Å². The fourth-order valence-electron chi connectivity index (χ4n) is 9.18. The number of amides is 3. The summed E-state index contributed by atoms with van der Waals surface area (Å²) in [7, 11) is 1.84. The molecular weight excluding hydrogens is 807 g/mol. The summed E-state index contributed by atoms with van der Waals surface area (Å²) in [6.07, 6.45) is 4.99. The number of allylic oxidation sites excluding steroid dienone is 1. The summed E-state index contributed by atoms with van der Waals surface area (Å²) in [5.74, 6) is 0.569. The van der Waals surface area contributed by atoms with E-state index in [9.17, 15) is 19.5 Å². The summed E-state index contributed by atoms with van der Waals surface area (Å²) >= 11 is 0. The van der Waals surface area contributed by atoms with E-state index in [1.807, 2.05) is 55.3 Å². The maximum atomic E-state index is 13.2. The Labute approximate surface area is 375 Å². The number of piperidine rings is 1. The second kappa shape index (κ2) is 20.6. The standard InChI is InChI=1S/C49H61N11O4/c1-34(50)46(48-52-41(36-12-6-3-7-13-36)32-43(53-48)59-24-20-58(21-25-59)28-29-61)37-14-9-11-35(30-37)10-5-4-8-19-57-22-26-60(27-23-57)45(63)33-51-38-15-16-39-42(31-38)56(2)55-47(39)40-17-18-44(62)54-49(40)64/h3,6-7,9,11-16,30-32,40,51,61H,4-5,8,10,17-29,33,50H2,1-2H3,(H,54,62,64)/b46-34-. The Hall–Kier alpha value is -6.16. The van der Waals surface area contributed by atoms with Crippen LogP contribution in [-0.2, 0) is 27.9 Å². The third kappa shape index (κ3) is 10.6. The van der Waals surface area contributed by atoms with Crippen molar-refractivity contribution >= 4 is 45.7 Å². The average Bonchev–Trinajstić information content (AvgIpc) is 3.63. The van der Waals surface area contributed by atoms with Gasteiger partial charge in [0.1, 0.15) is 5.82 Å². The summed E-state index contributed by atoms with van der Waals surface area (Å²) in [6, 6.07) is 26.7. The van der Waals surface area contributed by atoms with Crippen molar-refractivity contribution in [1.29, 1.82) is 0 Å². The number of β-amino-alcohol motifs (C(OH)–C–C–N with tert-alkyl or cyclic N) is 1. The molecule has 0 bridgehead atoms. The van der Waals surface area contributed by atoms with E-state index in [0.717, 1.165) is 116 Å². The van der Waals surface area contributed by atoms with Crippen molar-refractivity contribution in [3.8, 4) is 11.3 Å². The maximum absolute atomic E-state index is 13.2. The molecule has 3 saturated heterocycles. The molecule has 64 heavy (non-hydrogen) atoms. The summed E-state index contributed by atoms with van der Waals surface area (Å²) in [4.78, 5) is 56.6. The normalized spacial score (nSPS) is 18.0. The van der Waals surface area contributed by atoms with Crippen molar-refractivity contribution in [2.45, 2.75) is 51.4 Å². The number of carbonyl (C=O) groups is 3. The molecule has 5 N–H and O–H groups in total. The number of carbonyl (C=O) groups excluding carboxylic acids is 3. The van der Waals surface area contributed by atoms with Crippen molar-refractivity contribution in [3.05, 3.63) is 107 Å². The van der Waals surface area contributed by atoms with Gasteiger partial charge in [-0.15, -0.1) is 0 Å². The number of benzene rings is 3. The number of aliphatic hydroxyl groups is 1. The lowest BCUT2D eigenvalue weighted by Gasteiger charge is -2.35. The summed E-state index contributed by atoms with van der Waals surface area (Å²) in [6.45, 7) is 10.5. The molecule has 1 atom stereocenters. The number of piperazine rings is 2. The minimum Gasteiger partial charge on any atom is -0.402 e. The van der Waals surface area contributed by atoms with Gasteiger partial charge < -0.3 is 26.0 Å². The number of aliphatic hydroxyl groups excluding tert-OH is 1. The van der Waals surface area contributed by atoms with Crippen LogP contribution in [0.4, 0.5) is 11.5 Å². The summed E-state index contributed by atoms with van der Waals surface area (Å²) < 4.78 is 1.75. The monoisotopic (exact) mass is 867 g/mol. The van der Waals surface area contributed by atoms with Crippen molar-refractivity contribution < 1.29 is 19.5 Å². The Morgan fingerprint density at radius 2 is 1.62 bits per heavy atom. The first-order valence-corrected chi connectivity index (χ1v) is 22.8. The maximum Gasteiger partial charge on any atom is 0.241 e. The van der Waals surface area contributed by atoms with Gasteiger partial charge in [-0.05, 0) is 68.5 Å². The third-order valence-corrected chi connectivity index (χ3v) is 12.8. The number of nitrogens with two attached hydrogens (primary N) is 1. The summed E-state index contributed by atoms with van der Waals surface area (Å²) in [5.41, 5.74) is 14.7. The molecule has 3 amide bonds. The SMILES string of the molecule is C/C(N)=C(\c1cccc(CCCCCN2CCN(C(=O)CNc3ccc4c(C5CCC(=O)NC5=O)nn(C)c4c3)CC2)c1)c1nc(-c2ccccc2)cc(N2CCN(CCO)CC2)n1. The highest BCUT2D eigenvalue weighted by atomic mass is 16.3. The quantitative estimate of drug-likeness (QED) is 0.0815. The van der Waals surface area contributed by atoms with E-state index < -0.39 is 5.92 Å². The Morgan fingerprint density at radius 1 is 0.859 bits per heavy atom. The third-order valence-electron chi connectivity index (χ3n) is 12.8. The molecule has 3 aromatic carbocycles. The second-order valence-electron chi connectivity index (χ2n) is 17.2. The first-order valence-electron chi connectivity index (χ1n) is 22.8. The highest BCUT2D eigenvalue weighted by Crippen LogP contribution is 2.32. The molecule has 15 heteroatoms. The van der Waals surface area contributed by atoms with Crippen LogP contribution in [0.3, 0.4) is 0 Å². The average molecular weight is 868 g/mol. The highest BCUT2D eigenvalue weighted by Gasteiger charge is 2.32. The van der Waals surface area contributed by atoms with E-state index >= 15 is 0 Å². The first-order chi connectivity index (χ1) is 31.1. The lowest BCUT2D eigenvalue weighted by atomic mass is 9.93. The molecule has 2 aromatic heterocycles. The van der Waals surface area contributed by atoms with Crippen molar-refractivity contribution in [2.75, 3.05) is 88.8 Å². The second-order valence-corrected chi connectivity index (χ2v) is 17.2. The number of fused-ring (bicyclic) bond motifs is 1. The zero-order chi connectivity index (χ0) is 44.6. The molecule has 3 aliphatic rings. The van der Waals surface area contributed by atoms with Crippen LogP contribution in [0.15, 0.2) is 84.6 Å². The lowest BCUT2D eigenvalue weighted by molar-refractivity contribution is -0.134. The molecule has 3 aliphatic heterocycles. The van der Waals surface area contributed by atoms with Crippen LogP contribution in [-0.4, -0.2) is 136 Å². The summed E-state index contributed by atoms with van der Waals surface area (Å²) in [5, 5.41) is 20.7. The van der Waals surface area contributed by atoms with Crippen molar-refractivity contribution in [3.63, 3.8) is 0 Å². The van der Waals surface area contributed by atoms with Crippen LogP contribution in [0.25, 0.3) is 27.7 Å². The van der Waals surface area contributed by atoms with Gasteiger partial charge in [-0.2, -0.15) is 5.10 Å². The highest BCUT2D eigenvalue weighted by molar-refractivity contribution is 6.02. The number of aromatic nitrogens is 4. The topological polar surface area (TPSA) is 178 Å². The molecular formula is C49H61N11O4. The van der Waals surface area contributed by atoms with Crippen LogP contribution in [0.2, 0.25) is 0 Å². The molecule has 0 spiro atoms. The predicted octanol–water partition coefficient (Wildman–Crippen LogP) is 4.37. The van der Waals surface area contributed by atoms with Gasteiger partial charge in [0.25, 0.3) is 0 Å². The zero-order valence-electron chi connectivity index (χ0n) is 37.1. The fraction of sp³-hybridized carbons (Fsp3) is 0.429. The van der Waals surface area contributed by atoms with Gasteiger partial charge in [0.05, 0.1) is 36.0 Å². The van der Waals surface area contributed by atoms with Crippen LogP contribution in [0.1, 0.15) is 67.6 Å². The minimum atomic E-state index is -0.458. The molecule has 1 unspecified atom stereocenters. The van der Waals surface area contributed by atoms with E-state index in [4.69, 9.17) is 15.7 Å². The number of unbranched alkanes of at least 4 members (excludes halogenated alkanes) is 2. The number of anilines is 2. The van der Waals surface area contributed by atoms with Crippen molar-refractivity contribution in [2.24, 2.45) is 12.8 Å². The largest absolute Gasteiger partial charge is 0.402 e. The number of nitrogens with one attached hydrogen (secondary N) is 2. The molecule has 0 radical (unpaired) electrons. The van der Waals surface area contributed by atoms with Crippen LogP contribution in [0.5, 0.6) is 0 Å². The molecule has 336 valence electrons. The van der Waals surface area contributed by atoms with Gasteiger partial charge in [0, 0.05) is 106 Å². The Bertz CT molecular complexity index is 2470. The molecule has 0 saturated carbocycles. The zero-order valence-corrected chi connectivity index (χ0v) is 37.1. The molecule has 8 rings (SSSR count). The van der Waals surface area contributed by atoms with E-state index in [0.29, 0.717) is 49.7 Å². The minimum absolute atomic E-state index is 0.0725. The van der Waals surface area contributed by atoms with E-state index in [1.54, 1.807) is 4.68 Å². The Kier molecular flexibility index (Phi) is 14.3. The molecule has 0 aliphatic carbocycles. The fourth-order valence-corrected chi connectivity index (χ4v) is 9.18. The van der Waals surface area contributed by atoms with Crippen LogP contribution >= 0.6 is 0 Å². The molecule has 5 aromatic rings. The molecule has 15 nitrogen and oxygen atoms in total. The number of aryl methyl sites for hydroxylation is 2. The van der Waals surface area contributed by atoms with Gasteiger partial charge in [-0.3, -0.25) is 34.2 Å². The van der Waals surface area contributed by atoms with Crippen LogP contribution < -0.4 is 21.3 Å². The van der Waals surface area contributed by atoms with E-state index in [-0.39, 0.29) is 30.9 Å². The number of hydrogen-bond donors (Lipinski definition) is 4. The molecule has 5 heterocycles. The van der Waals surface area contributed by atoms with Gasteiger partial charge in [-0.1, -0.05) is 61.0 Å². The molecule has 3 fully saturated rings. The van der Waals surface area contributed by atoms with E-state index in [2.05, 4.69) is 72.9 Å². The Morgan fingerprint density at radius 3 is 2.38 bits per heavy atom. The number of hydrogen-bond acceptors (Lipinski definition) is 12. The number of nitrogens with zero attached hydrogens (tertiary/aromatic N) is 8. The van der Waals surface area contributed by atoms with Gasteiger partial charge >= 0.3 is 0 Å². The first kappa shape index (κ1) is 44.4. The Balaban J connectivity index is 0.804. The van der Waals surface area contributed by atoms with E-state index in [1.165, 1.54) is 5.56 Å². The van der Waals surface area contributed by atoms with Crippen molar-refractivity contribution in [1.82, 2.24) is 39.8 Å². The predicted molar refractivity (Wildman–Crippen MR) is 250 cm³/mol. The smallest absolute Gasteiger partial charge is 0.241 e.